The van der Waals surface area contributed by atoms with Crippen LogP contribution < -0.4 is 15.4 Å². The van der Waals surface area contributed by atoms with Gasteiger partial charge in [-0.05, 0) is 43.7 Å². The standard InChI is InChI=1S/C18H20N2O5S2/c1-10-11(2)27-17(15(10)16(22)20-18(23)25-4)19-14(21)9-26-13-7-5-12(24-3)6-8-13/h5-8H,9H2,1-4H3,(H,19,21)(H,20,22,23). The summed E-state index contributed by atoms with van der Waals surface area (Å²) in [6, 6.07) is 7.37. The smallest absolute Gasteiger partial charge is 0.413 e. The van der Waals surface area contributed by atoms with Crippen LogP contribution in [0.2, 0.25) is 0 Å². The molecule has 0 atom stereocenters. The average molecular weight is 409 g/mol. The highest BCUT2D eigenvalue weighted by Gasteiger charge is 2.22. The first-order valence-corrected chi connectivity index (χ1v) is 9.72. The van der Waals surface area contributed by atoms with E-state index in [1.54, 1.807) is 14.0 Å². The second-order valence-corrected chi connectivity index (χ2v) is 7.72. The Morgan fingerprint density at radius 2 is 1.78 bits per heavy atom. The van der Waals surface area contributed by atoms with Crippen molar-refractivity contribution in [3.05, 3.63) is 40.3 Å². The van der Waals surface area contributed by atoms with Crippen molar-refractivity contribution in [2.45, 2.75) is 18.7 Å². The van der Waals surface area contributed by atoms with Crippen LogP contribution in [0.15, 0.2) is 29.2 Å². The van der Waals surface area contributed by atoms with Gasteiger partial charge >= 0.3 is 6.09 Å². The lowest BCUT2D eigenvalue weighted by molar-refractivity contribution is -0.113. The number of hydrogen-bond donors (Lipinski definition) is 2. The molecule has 0 aliphatic rings. The zero-order valence-corrected chi connectivity index (χ0v) is 17.0. The number of amides is 3. The Labute approximate surface area is 165 Å². The van der Waals surface area contributed by atoms with Gasteiger partial charge in [-0.3, -0.25) is 14.9 Å². The van der Waals surface area contributed by atoms with E-state index in [0.29, 0.717) is 10.6 Å². The number of anilines is 1. The summed E-state index contributed by atoms with van der Waals surface area (Å²) in [5.41, 5.74) is 0.977. The predicted octanol–water partition coefficient (Wildman–Crippen LogP) is 3.60. The second kappa shape index (κ2) is 9.43. The number of nitrogens with one attached hydrogen (secondary N) is 2. The van der Waals surface area contributed by atoms with Crippen molar-refractivity contribution in [2.75, 3.05) is 25.3 Å². The molecule has 1 aromatic carbocycles. The van der Waals surface area contributed by atoms with E-state index in [2.05, 4.69) is 15.4 Å². The third kappa shape index (κ3) is 5.48. The molecule has 0 spiro atoms. The van der Waals surface area contributed by atoms with Crippen LogP contribution >= 0.6 is 23.1 Å². The molecule has 27 heavy (non-hydrogen) atoms. The van der Waals surface area contributed by atoms with Crippen molar-refractivity contribution in [2.24, 2.45) is 0 Å². The molecule has 1 heterocycles. The van der Waals surface area contributed by atoms with E-state index >= 15 is 0 Å². The number of alkyl carbamates (subject to hydrolysis) is 1. The minimum atomic E-state index is -0.851. The molecule has 3 amide bonds. The molecule has 7 nitrogen and oxygen atoms in total. The molecule has 0 aliphatic carbocycles. The maximum Gasteiger partial charge on any atom is 0.413 e. The maximum atomic E-state index is 12.3. The number of carbonyl (C=O) groups is 3. The number of hydrogen-bond acceptors (Lipinski definition) is 7. The molecule has 0 radical (unpaired) electrons. The van der Waals surface area contributed by atoms with Crippen molar-refractivity contribution < 1.29 is 23.9 Å². The number of thiophene rings is 1. The van der Waals surface area contributed by atoms with E-state index < -0.39 is 12.0 Å². The van der Waals surface area contributed by atoms with Gasteiger partial charge in [0.2, 0.25) is 5.91 Å². The second-order valence-electron chi connectivity index (χ2n) is 5.45. The molecule has 0 fully saturated rings. The van der Waals surface area contributed by atoms with Gasteiger partial charge in [0, 0.05) is 9.77 Å². The van der Waals surface area contributed by atoms with Crippen LogP contribution in [0.4, 0.5) is 9.80 Å². The summed E-state index contributed by atoms with van der Waals surface area (Å²) in [7, 11) is 2.77. The summed E-state index contributed by atoms with van der Waals surface area (Å²) >= 11 is 2.66. The van der Waals surface area contributed by atoms with Crippen molar-refractivity contribution in [3.63, 3.8) is 0 Å². The van der Waals surface area contributed by atoms with E-state index in [1.807, 2.05) is 31.2 Å². The van der Waals surface area contributed by atoms with Crippen LogP contribution in [-0.4, -0.2) is 37.9 Å². The fourth-order valence-corrected chi connectivity index (χ4v) is 3.95. The molecule has 0 saturated carbocycles. The van der Waals surface area contributed by atoms with Crippen LogP contribution in [0.1, 0.15) is 20.8 Å². The predicted molar refractivity (Wildman–Crippen MR) is 106 cm³/mol. The first kappa shape index (κ1) is 20.8. The molecule has 0 unspecified atom stereocenters. The van der Waals surface area contributed by atoms with Crippen LogP contribution in [0.5, 0.6) is 5.75 Å². The van der Waals surface area contributed by atoms with Gasteiger partial charge in [-0.1, -0.05) is 0 Å². The lowest BCUT2D eigenvalue weighted by Gasteiger charge is -2.08. The highest BCUT2D eigenvalue weighted by atomic mass is 32.2. The van der Waals surface area contributed by atoms with Crippen molar-refractivity contribution in [1.29, 1.82) is 0 Å². The zero-order valence-electron chi connectivity index (χ0n) is 15.4. The highest BCUT2D eigenvalue weighted by molar-refractivity contribution is 8.00. The molecule has 0 aliphatic heterocycles. The summed E-state index contributed by atoms with van der Waals surface area (Å²) in [5, 5.41) is 5.29. The number of rotatable bonds is 6. The molecular formula is C18H20N2O5S2. The first-order valence-electron chi connectivity index (χ1n) is 7.91. The van der Waals surface area contributed by atoms with Gasteiger partial charge in [-0.15, -0.1) is 23.1 Å². The molecule has 9 heteroatoms. The summed E-state index contributed by atoms with van der Waals surface area (Å²) in [6.45, 7) is 3.61. The van der Waals surface area contributed by atoms with Gasteiger partial charge in [0.25, 0.3) is 5.91 Å². The van der Waals surface area contributed by atoms with Crippen molar-refractivity contribution in [3.8, 4) is 5.75 Å². The van der Waals surface area contributed by atoms with E-state index in [1.165, 1.54) is 30.2 Å². The SMILES string of the molecule is COC(=O)NC(=O)c1c(NC(=O)CSc2ccc(OC)cc2)sc(C)c1C. The Hall–Kier alpha value is -2.52. The van der Waals surface area contributed by atoms with Gasteiger partial charge < -0.3 is 14.8 Å². The number of methoxy groups -OCH3 is 2. The molecular weight excluding hydrogens is 388 g/mol. The molecule has 0 bridgehead atoms. The Kier molecular flexibility index (Phi) is 7.26. The summed E-state index contributed by atoms with van der Waals surface area (Å²) < 4.78 is 9.55. The van der Waals surface area contributed by atoms with E-state index in [9.17, 15) is 14.4 Å². The number of ether oxygens (including phenoxy) is 2. The van der Waals surface area contributed by atoms with Crippen LogP contribution in [0, 0.1) is 13.8 Å². The number of thioether (sulfide) groups is 1. The van der Waals surface area contributed by atoms with Crippen LogP contribution in [0.3, 0.4) is 0 Å². The van der Waals surface area contributed by atoms with E-state index in [-0.39, 0.29) is 17.2 Å². The topological polar surface area (TPSA) is 93.7 Å². The summed E-state index contributed by atoms with van der Waals surface area (Å²) in [4.78, 5) is 37.7. The van der Waals surface area contributed by atoms with Gasteiger partial charge in [-0.25, -0.2) is 4.79 Å². The van der Waals surface area contributed by atoms with E-state index in [0.717, 1.165) is 15.5 Å². The normalized spacial score (nSPS) is 10.2. The molecule has 2 rings (SSSR count). The van der Waals surface area contributed by atoms with Crippen LogP contribution in [0.25, 0.3) is 0 Å². The Bertz CT molecular complexity index is 846. The zero-order chi connectivity index (χ0) is 20.0. The molecule has 2 N–H and O–H groups in total. The average Bonchev–Trinajstić information content (AvgIpc) is 2.93. The van der Waals surface area contributed by atoms with Crippen LogP contribution in [-0.2, 0) is 9.53 Å². The lowest BCUT2D eigenvalue weighted by atomic mass is 10.1. The van der Waals surface area contributed by atoms with E-state index in [4.69, 9.17) is 4.74 Å². The van der Waals surface area contributed by atoms with Crippen molar-refractivity contribution in [1.82, 2.24) is 5.32 Å². The number of aryl methyl sites for hydroxylation is 1. The fraction of sp³-hybridized carbons (Fsp3) is 0.278. The molecule has 144 valence electrons. The van der Waals surface area contributed by atoms with Gasteiger partial charge in [0.15, 0.2) is 0 Å². The quantitative estimate of drug-likeness (QED) is 0.710. The fourth-order valence-electron chi connectivity index (χ4n) is 2.18. The number of benzene rings is 1. The third-order valence-corrected chi connectivity index (χ3v) is 5.83. The van der Waals surface area contributed by atoms with Gasteiger partial charge in [0.05, 0.1) is 25.5 Å². The van der Waals surface area contributed by atoms with Crippen molar-refractivity contribution >= 4 is 46.0 Å². The Morgan fingerprint density at radius 1 is 1.11 bits per heavy atom. The number of carbonyl (C=O) groups excluding carboxylic acids is 3. The third-order valence-electron chi connectivity index (χ3n) is 3.70. The molecule has 1 aromatic heterocycles. The Morgan fingerprint density at radius 3 is 2.37 bits per heavy atom. The lowest BCUT2D eigenvalue weighted by Crippen LogP contribution is -2.31. The van der Waals surface area contributed by atoms with Gasteiger partial charge in [0.1, 0.15) is 10.8 Å². The highest BCUT2D eigenvalue weighted by Crippen LogP contribution is 2.32. The largest absolute Gasteiger partial charge is 0.497 e. The number of imide groups is 1. The monoisotopic (exact) mass is 408 g/mol. The molecule has 2 aromatic rings. The van der Waals surface area contributed by atoms with Gasteiger partial charge in [-0.2, -0.15) is 0 Å². The summed E-state index contributed by atoms with van der Waals surface area (Å²) in [6.07, 6.45) is -0.851. The first-order chi connectivity index (χ1) is 12.8. The minimum Gasteiger partial charge on any atom is -0.497 e. The molecule has 0 saturated heterocycles. The maximum absolute atomic E-state index is 12.3. The Balaban J connectivity index is 2.05. The summed E-state index contributed by atoms with van der Waals surface area (Å²) in [5.74, 6) is 0.0704. The minimum absolute atomic E-state index is 0.181.